The maximum absolute atomic E-state index is 7.11. The minimum atomic E-state index is 0.685. The minimum Gasteiger partial charge on any atom is -0.398 e. The lowest BCUT2D eigenvalue weighted by Gasteiger charge is -2.02. The fourth-order valence-corrected chi connectivity index (χ4v) is 1.19. The number of nitrogens with two attached hydrogens (primary N) is 1. The van der Waals surface area contributed by atoms with Gasteiger partial charge in [-0.15, -0.1) is 0 Å². The van der Waals surface area contributed by atoms with Crippen LogP contribution in [-0.4, -0.2) is 6.21 Å². The van der Waals surface area contributed by atoms with Gasteiger partial charge in [0.15, 0.2) is 0 Å². The standard InChI is InChI=1S/C10H14N2/c1-2-3-8-4-5-10(12)9(6-8)7-11/h4-7,11H,2-3,12H2,1H3. The normalized spacial score (nSPS) is 9.75. The van der Waals surface area contributed by atoms with E-state index in [9.17, 15) is 0 Å². The predicted molar refractivity (Wildman–Crippen MR) is 52.7 cm³/mol. The van der Waals surface area contributed by atoms with Crippen LogP contribution in [0.2, 0.25) is 0 Å². The monoisotopic (exact) mass is 162 g/mol. The van der Waals surface area contributed by atoms with E-state index in [1.807, 2.05) is 18.2 Å². The molecule has 0 aliphatic heterocycles. The van der Waals surface area contributed by atoms with E-state index in [4.69, 9.17) is 11.1 Å². The highest BCUT2D eigenvalue weighted by molar-refractivity contribution is 5.85. The van der Waals surface area contributed by atoms with Gasteiger partial charge >= 0.3 is 0 Å². The Morgan fingerprint density at radius 2 is 2.25 bits per heavy atom. The molecule has 1 rings (SSSR count). The average Bonchev–Trinajstić information content (AvgIpc) is 2.09. The van der Waals surface area contributed by atoms with Crippen LogP contribution in [0.25, 0.3) is 0 Å². The van der Waals surface area contributed by atoms with Crippen LogP contribution in [0, 0.1) is 5.41 Å². The van der Waals surface area contributed by atoms with Gasteiger partial charge in [0.25, 0.3) is 0 Å². The summed E-state index contributed by atoms with van der Waals surface area (Å²) in [5.41, 5.74) is 8.41. The van der Waals surface area contributed by atoms with E-state index in [-0.39, 0.29) is 0 Å². The van der Waals surface area contributed by atoms with E-state index in [2.05, 4.69) is 6.92 Å². The Morgan fingerprint density at radius 3 is 2.83 bits per heavy atom. The van der Waals surface area contributed by atoms with Crippen molar-refractivity contribution in [3.8, 4) is 0 Å². The van der Waals surface area contributed by atoms with Crippen LogP contribution in [-0.2, 0) is 6.42 Å². The summed E-state index contributed by atoms with van der Waals surface area (Å²) in [6, 6.07) is 5.86. The largest absolute Gasteiger partial charge is 0.398 e. The molecular weight excluding hydrogens is 148 g/mol. The van der Waals surface area contributed by atoms with Crippen molar-refractivity contribution in [1.82, 2.24) is 0 Å². The molecule has 1 aromatic rings. The van der Waals surface area contributed by atoms with Crippen LogP contribution < -0.4 is 5.73 Å². The molecule has 64 valence electrons. The number of benzene rings is 1. The second-order valence-electron chi connectivity index (χ2n) is 2.86. The molecule has 0 aliphatic rings. The van der Waals surface area contributed by atoms with Crippen molar-refractivity contribution in [3.05, 3.63) is 29.3 Å². The second kappa shape index (κ2) is 3.90. The number of aryl methyl sites for hydroxylation is 1. The molecule has 0 saturated carbocycles. The highest BCUT2D eigenvalue weighted by Gasteiger charge is 1.96. The molecule has 0 unspecified atom stereocenters. The van der Waals surface area contributed by atoms with E-state index in [0.717, 1.165) is 18.4 Å². The van der Waals surface area contributed by atoms with Crippen molar-refractivity contribution < 1.29 is 0 Å². The highest BCUT2D eigenvalue weighted by Crippen LogP contribution is 2.12. The summed E-state index contributed by atoms with van der Waals surface area (Å²) in [6.07, 6.45) is 3.48. The van der Waals surface area contributed by atoms with Gasteiger partial charge in [0.2, 0.25) is 0 Å². The third-order valence-corrected chi connectivity index (χ3v) is 1.85. The van der Waals surface area contributed by atoms with Crippen LogP contribution in [0.4, 0.5) is 5.69 Å². The topological polar surface area (TPSA) is 49.9 Å². The van der Waals surface area contributed by atoms with Gasteiger partial charge < -0.3 is 11.1 Å². The van der Waals surface area contributed by atoms with Gasteiger partial charge in [0.05, 0.1) is 0 Å². The van der Waals surface area contributed by atoms with Gasteiger partial charge in [-0.2, -0.15) is 0 Å². The molecule has 0 aromatic heterocycles. The summed E-state index contributed by atoms with van der Waals surface area (Å²) in [6.45, 7) is 2.14. The molecular formula is C10H14N2. The molecule has 0 bridgehead atoms. The van der Waals surface area contributed by atoms with Crippen LogP contribution in [0.3, 0.4) is 0 Å². The minimum absolute atomic E-state index is 0.685. The summed E-state index contributed by atoms with van der Waals surface area (Å²) in [4.78, 5) is 0. The Kier molecular flexibility index (Phi) is 2.86. The lowest BCUT2D eigenvalue weighted by molar-refractivity contribution is 0.922. The Balaban J connectivity index is 2.96. The van der Waals surface area contributed by atoms with E-state index in [1.165, 1.54) is 11.8 Å². The third-order valence-electron chi connectivity index (χ3n) is 1.85. The van der Waals surface area contributed by atoms with Crippen molar-refractivity contribution in [2.75, 3.05) is 5.73 Å². The van der Waals surface area contributed by atoms with Crippen LogP contribution in [0.1, 0.15) is 24.5 Å². The molecule has 0 fully saturated rings. The van der Waals surface area contributed by atoms with E-state index >= 15 is 0 Å². The molecule has 0 saturated heterocycles. The van der Waals surface area contributed by atoms with Gasteiger partial charge in [-0.1, -0.05) is 19.4 Å². The van der Waals surface area contributed by atoms with Gasteiger partial charge in [-0.25, -0.2) is 0 Å². The maximum Gasteiger partial charge on any atom is 0.0403 e. The maximum atomic E-state index is 7.11. The molecule has 1 aromatic carbocycles. The molecule has 0 heterocycles. The van der Waals surface area contributed by atoms with Gasteiger partial charge in [0, 0.05) is 17.5 Å². The summed E-state index contributed by atoms with van der Waals surface area (Å²) in [5, 5.41) is 7.11. The van der Waals surface area contributed by atoms with Gasteiger partial charge in [-0.3, -0.25) is 0 Å². The summed E-state index contributed by atoms with van der Waals surface area (Å²) < 4.78 is 0. The molecule has 2 nitrogen and oxygen atoms in total. The first-order valence-corrected chi connectivity index (χ1v) is 4.16. The fraction of sp³-hybridized carbons (Fsp3) is 0.300. The average molecular weight is 162 g/mol. The number of nitrogens with one attached hydrogen (secondary N) is 1. The third kappa shape index (κ3) is 1.84. The van der Waals surface area contributed by atoms with Crippen molar-refractivity contribution in [3.63, 3.8) is 0 Å². The smallest absolute Gasteiger partial charge is 0.0403 e. The van der Waals surface area contributed by atoms with Crippen molar-refractivity contribution in [2.45, 2.75) is 19.8 Å². The Morgan fingerprint density at radius 1 is 1.50 bits per heavy atom. The Hall–Kier alpha value is -1.31. The molecule has 0 atom stereocenters. The van der Waals surface area contributed by atoms with Gasteiger partial charge in [-0.05, 0) is 24.1 Å². The molecule has 2 heteroatoms. The quantitative estimate of drug-likeness (QED) is 0.519. The number of nitrogen functional groups attached to an aromatic ring is 1. The zero-order valence-electron chi connectivity index (χ0n) is 7.30. The first-order valence-electron chi connectivity index (χ1n) is 4.16. The first-order chi connectivity index (χ1) is 5.77. The van der Waals surface area contributed by atoms with E-state index in [0.29, 0.717) is 5.69 Å². The number of anilines is 1. The van der Waals surface area contributed by atoms with Crippen molar-refractivity contribution >= 4 is 11.9 Å². The fourth-order valence-electron chi connectivity index (χ4n) is 1.19. The summed E-state index contributed by atoms with van der Waals surface area (Å²) in [7, 11) is 0. The number of hydrogen-bond donors (Lipinski definition) is 2. The van der Waals surface area contributed by atoms with E-state index < -0.39 is 0 Å². The lowest BCUT2D eigenvalue weighted by atomic mass is 10.1. The van der Waals surface area contributed by atoms with Gasteiger partial charge in [0.1, 0.15) is 0 Å². The van der Waals surface area contributed by atoms with Crippen LogP contribution in [0.15, 0.2) is 18.2 Å². The lowest BCUT2D eigenvalue weighted by Crippen LogP contribution is -1.94. The summed E-state index contributed by atoms with van der Waals surface area (Å²) >= 11 is 0. The predicted octanol–water partition coefficient (Wildman–Crippen LogP) is 2.22. The van der Waals surface area contributed by atoms with E-state index in [1.54, 1.807) is 0 Å². The molecule has 0 spiro atoms. The first kappa shape index (κ1) is 8.78. The van der Waals surface area contributed by atoms with Crippen LogP contribution >= 0.6 is 0 Å². The molecule has 3 N–H and O–H groups in total. The molecule has 12 heavy (non-hydrogen) atoms. The Labute approximate surface area is 72.9 Å². The SMILES string of the molecule is CCCc1ccc(N)c(C=N)c1. The molecule has 0 amide bonds. The molecule has 0 radical (unpaired) electrons. The van der Waals surface area contributed by atoms with Crippen LogP contribution in [0.5, 0.6) is 0 Å². The Bertz CT molecular complexity index is 279. The number of hydrogen-bond acceptors (Lipinski definition) is 2. The number of rotatable bonds is 3. The second-order valence-corrected chi connectivity index (χ2v) is 2.86. The molecule has 0 aliphatic carbocycles. The zero-order chi connectivity index (χ0) is 8.97. The highest BCUT2D eigenvalue weighted by atomic mass is 14.6. The zero-order valence-corrected chi connectivity index (χ0v) is 7.30. The summed E-state index contributed by atoms with van der Waals surface area (Å²) in [5.74, 6) is 0. The van der Waals surface area contributed by atoms with Crippen molar-refractivity contribution in [2.24, 2.45) is 0 Å². The van der Waals surface area contributed by atoms with Crippen molar-refractivity contribution in [1.29, 1.82) is 5.41 Å².